The Morgan fingerprint density at radius 3 is 2.67 bits per heavy atom. The monoisotopic (exact) mass is 377 g/mol. The fraction of sp³-hybridized carbons (Fsp3) is 0.167. The van der Waals surface area contributed by atoms with E-state index in [1.54, 1.807) is 6.07 Å². The number of carbonyl (C=O) groups is 1. The third-order valence-corrected chi connectivity index (χ3v) is 3.66. The number of benzene rings is 1. The molecule has 0 bridgehead atoms. The maximum Gasteiger partial charge on any atom is 0.417 e. The highest BCUT2D eigenvalue weighted by molar-refractivity contribution is 5.89. The smallest absolute Gasteiger partial charge is 0.417 e. The summed E-state index contributed by atoms with van der Waals surface area (Å²) in [5.74, 6) is -0.0606. The number of aromatic nitrogens is 2. The Hall–Kier alpha value is -3.36. The minimum absolute atomic E-state index is 0.0230. The summed E-state index contributed by atoms with van der Waals surface area (Å²) in [6, 6.07) is 6.56. The lowest BCUT2D eigenvalue weighted by Crippen LogP contribution is -2.08. The number of hydrogen-bond acceptors (Lipinski definition) is 5. The molecular formula is C18H14F3N3O3. The third-order valence-electron chi connectivity index (χ3n) is 3.66. The van der Waals surface area contributed by atoms with Gasteiger partial charge in [0.1, 0.15) is 11.4 Å². The van der Waals surface area contributed by atoms with Crippen molar-refractivity contribution < 1.29 is 27.2 Å². The summed E-state index contributed by atoms with van der Waals surface area (Å²) in [5.41, 5.74) is -0.255. The van der Waals surface area contributed by atoms with Crippen molar-refractivity contribution >= 4 is 11.6 Å². The Balaban J connectivity index is 2.06. The first kappa shape index (κ1) is 18.4. The average Bonchev–Trinajstić information content (AvgIpc) is 3.09. The second-order valence-corrected chi connectivity index (χ2v) is 5.60. The third kappa shape index (κ3) is 3.91. The first-order valence-corrected chi connectivity index (χ1v) is 7.74. The van der Waals surface area contributed by atoms with Crippen molar-refractivity contribution in [1.82, 2.24) is 10.1 Å². The Morgan fingerprint density at radius 1 is 1.22 bits per heavy atom. The van der Waals surface area contributed by atoms with Gasteiger partial charge in [0.15, 0.2) is 5.76 Å². The van der Waals surface area contributed by atoms with Gasteiger partial charge in [0.25, 0.3) is 0 Å². The van der Waals surface area contributed by atoms with Crippen molar-refractivity contribution in [1.29, 1.82) is 0 Å². The maximum atomic E-state index is 13.4. The van der Waals surface area contributed by atoms with Gasteiger partial charge in [-0.2, -0.15) is 13.2 Å². The number of anilines is 1. The molecule has 0 aliphatic rings. The molecule has 2 aromatic heterocycles. The summed E-state index contributed by atoms with van der Waals surface area (Å²) in [7, 11) is 1.28. The number of halogens is 3. The molecule has 0 unspecified atom stereocenters. The molecule has 1 N–H and O–H groups in total. The highest BCUT2D eigenvalue weighted by Crippen LogP contribution is 2.42. The molecule has 0 saturated heterocycles. The minimum atomic E-state index is -4.59. The summed E-state index contributed by atoms with van der Waals surface area (Å²) in [5, 5.41) is 6.33. The second-order valence-electron chi connectivity index (χ2n) is 5.60. The van der Waals surface area contributed by atoms with Crippen molar-refractivity contribution in [2.45, 2.75) is 13.1 Å². The van der Waals surface area contributed by atoms with Crippen LogP contribution in [0, 0.1) is 0 Å². The van der Waals surface area contributed by atoms with Crippen LogP contribution in [0.1, 0.15) is 12.5 Å². The fourth-order valence-corrected chi connectivity index (χ4v) is 2.58. The number of nitrogens with zero attached hydrogens (tertiary/aromatic N) is 2. The molecule has 6 nitrogen and oxygen atoms in total. The van der Waals surface area contributed by atoms with Crippen LogP contribution in [0.5, 0.6) is 5.75 Å². The van der Waals surface area contributed by atoms with Gasteiger partial charge < -0.3 is 14.6 Å². The summed E-state index contributed by atoms with van der Waals surface area (Å²) in [4.78, 5) is 15.1. The summed E-state index contributed by atoms with van der Waals surface area (Å²) in [6.45, 7) is 1.35. The van der Waals surface area contributed by atoms with Crippen LogP contribution in [-0.2, 0) is 11.0 Å². The van der Waals surface area contributed by atoms with Gasteiger partial charge in [0.05, 0.1) is 30.1 Å². The van der Waals surface area contributed by atoms with E-state index in [9.17, 15) is 18.0 Å². The normalized spacial score (nSPS) is 11.3. The van der Waals surface area contributed by atoms with Crippen molar-refractivity contribution in [3.05, 3.63) is 48.3 Å². The van der Waals surface area contributed by atoms with Crippen LogP contribution in [0.4, 0.5) is 18.9 Å². The number of alkyl halides is 3. The number of nitrogens with one attached hydrogen (secondary N) is 1. The van der Waals surface area contributed by atoms with Crippen molar-refractivity contribution in [3.8, 4) is 28.3 Å². The summed E-state index contributed by atoms with van der Waals surface area (Å²) >= 11 is 0. The van der Waals surface area contributed by atoms with Gasteiger partial charge in [-0.3, -0.25) is 9.78 Å². The van der Waals surface area contributed by atoms with E-state index < -0.39 is 11.7 Å². The van der Waals surface area contributed by atoms with Crippen molar-refractivity contribution in [2.24, 2.45) is 0 Å². The van der Waals surface area contributed by atoms with Gasteiger partial charge >= 0.3 is 6.18 Å². The van der Waals surface area contributed by atoms with Crippen LogP contribution < -0.4 is 10.1 Å². The van der Waals surface area contributed by atoms with Gasteiger partial charge in [0.2, 0.25) is 5.91 Å². The van der Waals surface area contributed by atoms with Gasteiger partial charge in [-0.1, -0.05) is 11.2 Å². The number of pyridine rings is 1. The molecule has 1 amide bonds. The number of amides is 1. The highest BCUT2D eigenvalue weighted by Gasteiger charge is 2.36. The summed E-state index contributed by atoms with van der Waals surface area (Å²) < 4.78 is 50.4. The Kier molecular flexibility index (Phi) is 4.85. The van der Waals surface area contributed by atoms with Crippen LogP contribution >= 0.6 is 0 Å². The van der Waals surface area contributed by atoms with Crippen LogP contribution in [0.3, 0.4) is 0 Å². The van der Waals surface area contributed by atoms with E-state index in [0.717, 1.165) is 6.07 Å². The molecule has 0 aliphatic heterocycles. The number of hydrogen-bond donors (Lipinski definition) is 1. The quantitative estimate of drug-likeness (QED) is 0.730. The molecule has 3 rings (SSSR count). The van der Waals surface area contributed by atoms with E-state index in [1.165, 1.54) is 44.6 Å². The number of rotatable bonds is 4. The van der Waals surface area contributed by atoms with Gasteiger partial charge in [-0.25, -0.2) is 0 Å². The van der Waals surface area contributed by atoms with Gasteiger partial charge in [-0.15, -0.1) is 0 Å². The molecule has 0 radical (unpaired) electrons. The lowest BCUT2D eigenvalue weighted by molar-refractivity contribution is -0.137. The van der Waals surface area contributed by atoms with Crippen LogP contribution in [-0.4, -0.2) is 23.2 Å². The molecule has 0 fully saturated rings. The zero-order valence-corrected chi connectivity index (χ0v) is 14.3. The molecule has 0 saturated carbocycles. The Morgan fingerprint density at radius 2 is 2.00 bits per heavy atom. The van der Waals surface area contributed by atoms with Crippen molar-refractivity contribution in [3.63, 3.8) is 0 Å². The minimum Gasteiger partial charge on any atom is -0.496 e. The zero-order chi connectivity index (χ0) is 19.6. The highest BCUT2D eigenvalue weighted by atomic mass is 19.4. The SMILES string of the molecule is COc1cccc(C(F)(F)F)c1-c1cc(-c2cncc(NC(C)=O)c2)on1. The number of methoxy groups -OCH3 is 1. The van der Waals surface area contributed by atoms with E-state index in [-0.39, 0.29) is 28.7 Å². The number of carbonyl (C=O) groups excluding carboxylic acids is 1. The fourth-order valence-electron chi connectivity index (χ4n) is 2.58. The maximum absolute atomic E-state index is 13.4. The lowest BCUT2D eigenvalue weighted by atomic mass is 10.0. The Labute approximate surface area is 152 Å². The van der Waals surface area contributed by atoms with Crippen LogP contribution in [0.15, 0.2) is 47.2 Å². The topological polar surface area (TPSA) is 77.2 Å². The molecule has 0 atom stereocenters. The Bertz CT molecular complexity index is 983. The molecule has 1 aromatic carbocycles. The zero-order valence-electron chi connectivity index (χ0n) is 14.3. The molecule has 0 spiro atoms. The van der Waals surface area contributed by atoms with E-state index >= 15 is 0 Å². The molecule has 0 aliphatic carbocycles. The molecule has 2 heterocycles. The molecular weight excluding hydrogens is 363 g/mol. The molecule has 9 heteroatoms. The van der Waals surface area contributed by atoms with E-state index in [0.29, 0.717) is 11.3 Å². The van der Waals surface area contributed by atoms with Crippen LogP contribution in [0.25, 0.3) is 22.6 Å². The standard InChI is InChI=1S/C18H14F3N3O3/c1-10(25)23-12-6-11(8-22-9-12)16-7-14(24-27-16)17-13(18(19,20)21)4-3-5-15(17)26-2/h3-9H,1-2H3,(H,23,25). The average molecular weight is 377 g/mol. The van der Waals surface area contributed by atoms with Crippen LogP contribution in [0.2, 0.25) is 0 Å². The molecule has 140 valence electrons. The largest absolute Gasteiger partial charge is 0.496 e. The lowest BCUT2D eigenvalue weighted by Gasteiger charge is -2.14. The summed E-state index contributed by atoms with van der Waals surface area (Å²) in [6.07, 6.45) is -1.71. The van der Waals surface area contributed by atoms with Gasteiger partial charge in [-0.05, 0) is 18.2 Å². The van der Waals surface area contributed by atoms with Crippen molar-refractivity contribution in [2.75, 3.05) is 12.4 Å². The predicted molar refractivity (Wildman–Crippen MR) is 91.0 cm³/mol. The predicted octanol–water partition coefficient (Wildman–Crippen LogP) is 4.39. The first-order valence-electron chi connectivity index (χ1n) is 7.74. The second kappa shape index (κ2) is 7.10. The molecule has 3 aromatic rings. The van der Waals surface area contributed by atoms with Gasteiger partial charge in [0, 0.05) is 24.8 Å². The van der Waals surface area contributed by atoms with E-state index in [1.807, 2.05) is 0 Å². The number of ether oxygens (including phenoxy) is 1. The van der Waals surface area contributed by atoms with E-state index in [2.05, 4.69) is 15.5 Å². The first-order chi connectivity index (χ1) is 12.8. The van der Waals surface area contributed by atoms with E-state index in [4.69, 9.17) is 9.26 Å². The molecule has 27 heavy (non-hydrogen) atoms.